The lowest BCUT2D eigenvalue weighted by Gasteiger charge is -2.07. The Balaban J connectivity index is 2.02. The molecule has 116 valence electrons. The molecule has 21 heavy (non-hydrogen) atoms. The number of nitrogens with one attached hydrogen (secondary N) is 2. The molecule has 1 aromatic carbocycles. The van der Waals surface area contributed by atoms with Gasteiger partial charge in [0, 0.05) is 20.1 Å². The number of amides is 2. The third-order valence-electron chi connectivity index (χ3n) is 2.63. The molecule has 2 N–H and O–H groups in total. The zero-order chi connectivity index (χ0) is 15.3. The molecule has 0 heterocycles. The van der Waals surface area contributed by atoms with Crippen molar-refractivity contribution in [3.8, 4) is 5.75 Å². The largest absolute Gasteiger partial charge is 0.494 e. The van der Waals surface area contributed by atoms with Crippen LogP contribution in [-0.4, -0.2) is 45.2 Å². The minimum absolute atomic E-state index is 0.0118. The molecule has 0 atom stereocenters. The van der Waals surface area contributed by atoms with Crippen molar-refractivity contribution >= 4 is 11.8 Å². The van der Waals surface area contributed by atoms with E-state index in [4.69, 9.17) is 9.47 Å². The van der Waals surface area contributed by atoms with Crippen LogP contribution < -0.4 is 15.4 Å². The standard InChI is InChI=1S/C15H22N2O4/c1-20-11-9-16-15(19)12-17-14(18)8-5-10-21-13-6-3-2-4-7-13/h2-4,6-7H,5,8-12H2,1H3,(H,16,19)(H,17,18). The number of para-hydroxylation sites is 1. The van der Waals surface area contributed by atoms with E-state index in [-0.39, 0.29) is 18.4 Å². The number of carbonyl (C=O) groups is 2. The highest BCUT2D eigenvalue weighted by Gasteiger charge is 2.05. The summed E-state index contributed by atoms with van der Waals surface area (Å²) < 4.78 is 10.3. The second kappa shape index (κ2) is 10.7. The summed E-state index contributed by atoms with van der Waals surface area (Å²) in [5.41, 5.74) is 0. The summed E-state index contributed by atoms with van der Waals surface area (Å²) in [4.78, 5) is 22.8. The maximum Gasteiger partial charge on any atom is 0.239 e. The summed E-state index contributed by atoms with van der Waals surface area (Å²) in [5, 5.41) is 5.19. The molecule has 0 bridgehead atoms. The fraction of sp³-hybridized carbons (Fsp3) is 0.467. The lowest BCUT2D eigenvalue weighted by atomic mass is 10.3. The van der Waals surface area contributed by atoms with Crippen molar-refractivity contribution < 1.29 is 19.1 Å². The highest BCUT2D eigenvalue weighted by Crippen LogP contribution is 2.08. The van der Waals surface area contributed by atoms with E-state index in [9.17, 15) is 9.59 Å². The first-order valence-corrected chi connectivity index (χ1v) is 6.92. The molecule has 2 amide bonds. The average molecular weight is 294 g/mol. The van der Waals surface area contributed by atoms with Crippen LogP contribution in [0.5, 0.6) is 5.75 Å². The highest BCUT2D eigenvalue weighted by atomic mass is 16.5. The SMILES string of the molecule is COCCNC(=O)CNC(=O)CCCOc1ccccc1. The molecule has 0 radical (unpaired) electrons. The zero-order valence-electron chi connectivity index (χ0n) is 12.3. The Bertz CT molecular complexity index is 423. The van der Waals surface area contributed by atoms with Crippen LogP contribution in [0.2, 0.25) is 0 Å². The van der Waals surface area contributed by atoms with Crippen LogP contribution in [-0.2, 0) is 14.3 Å². The van der Waals surface area contributed by atoms with Gasteiger partial charge in [-0.05, 0) is 18.6 Å². The molecule has 0 saturated carbocycles. The summed E-state index contributed by atoms with van der Waals surface area (Å²) in [7, 11) is 1.56. The number of ether oxygens (including phenoxy) is 2. The number of hydrogen-bond donors (Lipinski definition) is 2. The number of benzene rings is 1. The molecule has 6 heteroatoms. The zero-order valence-corrected chi connectivity index (χ0v) is 12.3. The predicted octanol–water partition coefficient (Wildman–Crippen LogP) is 0.724. The van der Waals surface area contributed by atoms with E-state index in [0.29, 0.717) is 32.6 Å². The van der Waals surface area contributed by atoms with Crippen LogP contribution in [0.3, 0.4) is 0 Å². The molecule has 0 unspecified atom stereocenters. The summed E-state index contributed by atoms with van der Waals surface area (Å²) >= 11 is 0. The molecule has 0 fully saturated rings. The normalized spacial score (nSPS) is 9.95. The second-order valence-electron chi connectivity index (χ2n) is 4.38. The van der Waals surface area contributed by atoms with Gasteiger partial charge in [-0.1, -0.05) is 18.2 Å². The Morgan fingerprint density at radius 3 is 2.52 bits per heavy atom. The van der Waals surface area contributed by atoms with Gasteiger partial charge in [0.1, 0.15) is 5.75 Å². The van der Waals surface area contributed by atoms with Crippen molar-refractivity contribution in [2.75, 3.05) is 33.4 Å². The van der Waals surface area contributed by atoms with Gasteiger partial charge < -0.3 is 20.1 Å². The Labute approximate surface area is 124 Å². The molecule has 0 aromatic heterocycles. The lowest BCUT2D eigenvalue weighted by Crippen LogP contribution is -2.38. The first-order valence-electron chi connectivity index (χ1n) is 6.92. The molecule has 0 aliphatic rings. The van der Waals surface area contributed by atoms with Crippen molar-refractivity contribution in [1.82, 2.24) is 10.6 Å². The minimum Gasteiger partial charge on any atom is -0.494 e. The number of hydrogen-bond acceptors (Lipinski definition) is 4. The van der Waals surface area contributed by atoms with Gasteiger partial charge in [0.05, 0.1) is 19.8 Å². The van der Waals surface area contributed by atoms with E-state index >= 15 is 0 Å². The molecule has 6 nitrogen and oxygen atoms in total. The number of rotatable bonds is 10. The summed E-state index contributed by atoms with van der Waals surface area (Å²) in [6.07, 6.45) is 0.935. The molecular weight excluding hydrogens is 272 g/mol. The van der Waals surface area contributed by atoms with Crippen LogP contribution in [0, 0.1) is 0 Å². The quantitative estimate of drug-likeness (QED) is 0.624. The fourth-order valence-electron chi connectivity index (χ4n) is 1.56. The predicted molar refractivity (Wildman–Crippen MR) is 79.1 cm³/mol. The van der Waals surface area contributed by atoms with Crippen LogP contribution in [0.1, 0.15) is 12.8 Å². The molecule has 0 aliphatic carbocycles. The summed E-state index contributed by atoms with van der Waals surface area (Å²) in [6, 6.07) is 9.43. The maximum atomic E-state index is 11.5. The Kier molecular flexibility index (Phi) is 8.63. The Hall–Kier alpha value is -2.08. The van der Waals surface area contributed by atoms with E-state index in [2.05, 4.69) is 10.6 Å². The van der Waals surface area contributed by atoms with Crippen molar-refractivity contribution in [3.05, 3.63) is 30.3 Å². The summed E-state index contributed by atoms with van der Waals surface area (Å²) in [6.45, 7) is 1.35. The van der Waals surface area contributed by atoms with Gasteiger partial charge in [-0.2, -0.15) is 0 Å². The molecule has 0 saturated heterocycles. The van der Waals surface area contributed by atoms with Crippen molar-refractivity contribution in [3.63, 3.8) is 0 Å². The smallest absolute Gasteiger partial charge is 0.239 e. The fourth-order valence-corrected chi connectivity index (χ4v) is 1.56. The lowest BCUT2D eigenvalue weighted by molar-refractivity contribution is -0.126. The first kappa shape index (κ1) is 17.0. The van der Waals surface area contributed by atoms with Gasteiger partial charge in [-0.3, -0.25) is 9.59 Å². The molecule has 1 rings (SSSR count). The van der Waals surface area contributed by atoms with Gasteiger partial charge in [0.25, 0.3) is 0 Å². The third kappa shape index (κ3) is 8.65. The Morgan fingerprint density at radius 2 is 1.81 bits per heavy atom. The van der Waals surface area contributed by atoms with E-state index in [1.165, 1.54) is 0 Å². The Morgan fingerprint density at radius 1 is 1.05 bits per heavy atom. The minimum atomic E-state index is -0.221. The van der Waals surface area contributed by atoms with Gasteiger partial charge >= 0.3 is 0 Å². The summed E-state index contributed by atoms with van der Waals surface area (Å²) in [5.74, 6) is 0.407. The maximum absolute atomic E-state index is 11.5. The second-order valence-corrected chi connectivity index (χ2v) is 4.38. The van der Waals surface area contributed by atoms with Gasteiger partial charge in [0.15, 0.2) is 0 Å². The van der Waals surface area contributed by atoms with Crippen LogP contribution in [0.4, 0.5) is 0 Å². The van der Waals surface area contributed by atoms with E-state index in [0.717, 1.165) is 5.75 Å². The molecular formula is C15H22N2O4. The number of methoxy groups -OCH3 is 1. The van der Waals surface area contributed by atoms with Crippen molar-refractivity contribution in [2.24, 2.45) is 0 Å². The molecule has 0 spiro atoms. The van der Waals surface area contributed by atoms with Crippen molar-refractivity contribution in [1.29, 1.82) is 0 Å². The van der Waals surface area contributed by atoms with E-state index < -0.39 is 0 Å². The van der Waals surface area contributed by atoms with Crippen molar-refractivity contribution in [2.45, 2.75) is 12.8 Å². The van der Waals surface area contributed by atoms with E-state index in [1.54, 1.807) is 7.11 Å². The molecule has 0 aliphatic heterocycles. The molecule has 1 aromatic rings. The van der Waals surface area contributed by atoms with Crippen LogP contribution >= 0.6 is 0 Å². The number of carbonyl (C=O) groups excluding carboxylic acids is 2. The topological polar surface area (TPSA) is 76.7 Å². The monoisotopic (exact) mass is 294 g/mol. The van der Waals surface area contributed by atoms with Gasteiger partial charge in [-0.15, -0.1) is 0 Å². The average Bonchev–Trinajstić information content (AvgIpc) is 2.51. The van der Waals surface area contributed by atoms with Crippen LogP contribution in [0.25, 0.3) is 0 Å². The first-order chi connectivity index (χ1) is 10.2. The van der Waals surface area contributed by atoms with E-state index in [1.807, 2.05) is 30.3 Å². The van der Waals surface area contributed by atoms with Crippen LogP contribution in [0.15, 0.2) is 30.3 Å². The van der Waals surface area contributed by atoms with Gasteiger partial charge in [-0.25, -0.2) is 0 Å². The van der Waals surface area contributed by atoms with Gasteiger partial charge in [0.2, 0.25) is 11.8 Å². The third-order valence-corrected chi connectivity index (χ3v) is 2.63. The highest BCUT2D eigenvalue weighted by molar-refractivity contribution is 5.84.